The Balaban J connectivity index is 1.45. The molecule has 2 aromatic carbocycles. The maximum absolute atomic E-state index is 12.5. The summed E-state index contributed by atoms with van der Waals surface area (Å²) in [4.78, 5) is 28.7. The maximum Gasteiger partial charge on any atom is 0.338 e. The predicted octanol–water partition coefficient (Wildman–Crippen LogP) is 4.80. The van der Waals surface area contributed by atoms with Gasteiger partial charge in [-0.05, 0) is 43.7 Å². The zero-order valence-corrected chi connectivity index (χ0v) is 17.3. The van der Waals surface area contributed by atoms with Crippen LogP contribution in [0.25, 0.3) is 11.0 Å². The number of hydrogen-bond acceptors (Lipinski definition) is 7. The summed E-state index contributed by atoms with van der Waals surface area (Å²) < 4.78 is 16.4. The number of aromatic nitrogens is 1. The number of thiazole rings is 1. The van der Waals surface area contributed by atoms with Crippen LogP contribution in [-0.2, 0) is 18.0 Å². The molecule has 0 amide bonds. The lowest BCUT2D eigenvalue weighted by Crippen LogP contribution is -2.08. The van der Waals surface area contributed by atoms with Crippen LogP contribution in [0.5, 0.6) is 5.75 Å². The Morgan fingerprint density at radius 3 is 2.77 bits per heavy atom. The summed E-state index contributed by atoms with van der Waals surface area (Å²) in [6, 6.07) is 13.7. The smallest absolute Gasteiger partial charge is 0.338 e. The third kappa shape index (κ3) is 4.58. The summed E-state index contributed by atoms with van der Waals surface area (Å²) in [5.74, 6) is 0.0508. The van der Waals surface area contributed by atoms with Gasteiger partial charge in [0.15, 0.2) is 0 Å². The van der Waals surface area contributed by atoms with E-state index in [0.29, 0.717) is 29.1 Å². The van der Waals surface area contributed by atoms with Gasteiger partial charge in [-0.25, -0.2) is 14.6 Å². The molecule has 0 aliphatic carbocycles. The second-order valence-electron chi connectivity index (χ2n) is 6.84. The topological polar surface area (TPSA) is 78.6 Å². The highest BCUT2D eigenvalue weighted by Gasteiger charge is 2.12. The van der Waals surface area contributed by atoms with Gasteiger partial charge in [-0.3, -0.25) is 0 Å². The average Bonchev–Trinajstić information content (AvgIpc) is 3.15. The first-order valence-electron chi connectivity index (χ1n) is 9.32. The van der Waals surface area contributed by atoms with Crippen molar-refractivity contribution in [3.8, 4) is 5.75 Å². The van der Waals surface area contributed by atoms with E-state index in [2.05, 4.69) is 4.98 Å². The molecule has 152 valence electrons. The highest BCUT2D eigenvalue weighted by molar-refractivity contribution is 7.09. The van der Waals surface area contributed by atoms with E-state index in [4.69, 9.17) is 13.9 Å². The minimum Gasteiger partial charge on any atom is -0.487 e. The molecule has 0 aliphatic heterocycles. The van der Waals surface area contributed by atoms with Crippen LogP contribution in [0.15, 0.2) is 63.1 Å². The minimum atomic E-state index is -0.501. The summed E-state index contributed by atoms with van der Waals surface area (Å²) >= 11 is 1.56. The van der Waals surface area contributed by atoms with E-state index in [1.165, 1.54) is 6.07 Å². The molecule has 0 saturated carbocycles. The molecule has 2 heterocycles. The van der Waals surface area contributed by atoms with Crippen molar-refractivity contribution < 1.29 is 18.7 Å². The summed E-state index contributed by atoms with van der Waals surface area (Å²) in [7, 11) is 0. The first-order valence-corrected chi connectivity index (χ1v) is 10.2. The molecule has 4 rings (SSSR count). The molecule has 2 aromatic heterocycles. The van der Waals surface area contributed by atoms with E-state index in [9.17, 15) is 9.59 Å². The van der Waals surface area contributed by atoms with Crippen molar-refractivity contribution >= 4 is 28.3 Å². The van der Waals surface area contributed by atoms with E-state index in [-0.39, 0.29) is 6.61 Å². The van der Waals surface area contributed by atoms with Crippen molar-refractivity contribution in [2.45, 2.75) is 27.1 Å². The molecule has 30 heavy (non-hydrogen) atoms. The van der Waals surface area contributed by atoms with Gasteiger partial charge in [0.1, 0.15) is 24.5 Å². The number of aryl methyl sites for hydroxylation is 2. The zero-order chi connectivity index (χ0) is 21.1. The number of carbonyl (C=O) groups is 1. The molecule has 0 saturated heterocycles. The number of carbonyl (C=O) groups excluding carboxylic acids is 1. The highest BCUT2D eigenvalue weighted by atomic mass is 32.1. The number of nitrogens with zero attached hydrogens (tertiary/aromatic N) is 1. The third-order valence-electron chi connectivity index (χ3n) is 4.47. The predicted molar refractivity (Wildman–Crippen MR) is 114 cm³/mol. The zero-order valence-electron chi connectivity index (χ0n) is 16.5. The van der Waals surface area contributed by atoms with Gasteiger partial charge in [0, 0.05) is 22.4 Å². The highest BCUT2D eigenvalue weighted by Crippen LogP contribution is 2.21. The number of ether oxygens (including phenoxy) is 2. The van der Waals surface area contributed by atoms with Crippen LogP contribution in [0.2, 0.25) is 0 Å². The summed E-state index contributed by atoms with van der Waals surface area (Å²) in [6.07, 6.45) is 0. The summed E-state index contributed by atoms with van der Waals surface area (Å²) in [6.45, 7) is 4.14. The van der Waals surface area contributed by atoms with Gasteiger partial charge in [-0.2, -0.15) is 0 Å². The second-order valence-corrected chi connectivity index (χ2v) is 7.90. The van der Waals surface area contributed by atoms with E-state index in [0.717, 1.165) is 21.7 Å². The Morgan fingerprint density at radius 2 is 1.97 bits per heavy atom. The van der Waals surface area contributed by atoms with Gasteiger partial charge < -0.3 is 13.9 Å². The lowest BCUT2D eigenvalue weighted by Gasteiger charge is -2.09. The van der Waals surface area contributed by atoms with Gasteiger partial charge in [-0.15, -0.1) is 11.3 Å². The van der Waals surface area contributed by atoms with E-state index in [1.807, 2.05) is 31.4 Å². The second kappa shape index (κ2) is 8.51. The quantitative estimate of drug-likeness (QED) is 0.329. The number of hydrogen-bond donors (Lipinski definition) is 0. The number of benzene rings is 2. The fraction of sp³-hybridized carbons (Fsp3) is 0.174. The average molecular weight is 421 g/mol. The molecule has 0 unspecified atom stereocenters. The van der Waals surface area contributed by atoms with Crippen LogP contribution < -0.4 is 10.4 Å². The van der Waals surface area contributed by atoms with Gasteiger partial charge in [0.05, 0.1) is 16.3 Å². The largest absolute Gasteiger partial charge is 0.487 e. The molecular weight excluding hydrogens is 402 g/mol. The minimum absolute atomic E-state index is 0.0345. The normalized spacial score (nSPS) is 10.9. The van der Waals surface area contributed by atoms with Gasteiger partial charge in [-0.1, -0.05) is 18.2 Å². The molecule has 0 bridgehead atoms. The van der Waals surface area contributed by atoms with Crippen molar-refractivity contribution in [3.63, 3.8) is 0 Å². The molecule has 0 spiro atoms. The van der Waals surface area contributed by atoms with Gasteiger partial charge >= 0.3 is 11.6 Å². The molecule has 0 atom stereocenters. The Hall–Kier alpha value is -3.45. The molecule has 7 heteroatoms. The van der Waals surface area contributed by atoms with Crippen molar-refractivity contribution in [1.29, 1.82) is 0 Å². The van der Waals surface area contributed by atoms with Crippen LogP contribution in [-0.4, -0.2) is 11.0 Å². The maximum atomic E-state index is 12.5. The van der Waals surface area contributed by atoms with E-state index >= 15 is 0 Å². The first kappa shape index (κ1) is 19.8. The molecule has 6 nitrogen and oxygen atoms in total. The lowest BCUT2D eigenvalue weighted by molar-refractivity contribution is 0.0473. The Labute approximate surface area is 176 Å². The van der Waals surface area contributed by atoms with Gasteiger partial charge in [0.2, 0.25) is 0 Å². The van der Waals surface area contributed by atoms with Crippen molar-refractivity contribution in [2.24, 2.45) is 0 Å². The van der Waals surface area contributed by atoms with Crippen LogP contribution >= 0.6 is 11.3 Å². The molecule has 0 fully saturated rings. The fourth-order valence-corrected chi connectivity index (χ4v) is 3.63. The van der Waals surface area contributed by atoms with E-state index < -0.39 is 11.6 Å². The van der Waals surface area contributed by atoms with Crippen LogP contribution in [0, 0.1) is 13.8 Å². The van der Waals surface area contributed by atoms with Crippen LogP contribution in [0.4, 0.5) is 0 Å². The number of rotatable bonds is 6. The number of esters is 1. The van der Waals surface area contributed by atoms with Crippen molar-refractivity contribution in [2.75, 3.05) is 0 Å². The first-order chi connectivity index (χ1) is 14.5. The molecule has 0 aliphatic rings. The van der Waals surface area contributed by atoms with Crippen molar-refractivity contribution in [3.05, 3.63) is 91.7 Å². The Bertz CT molecular complexity index is 1270. The Kier molecular flexibility index (Phi) is 5.63. The van der Waals surface area contributed by atoms with Crippen LogP contribution in [0.3, 0.4) is 0 Å². The summed E-state index contributed by atoms with van der Waals surface area (Å²) in [5.41, 5.74) is 2.78. The standard InChI is InChI=1S/C23H19NO5S/c1-14-6-7-20-17(10-22(25)29-21(20)8-14)11-28-23(26)16-4-3-5-19(9-16)27-12-18-13-30-15(2)24-18/h3-10,13H,11-12H2,1-2H3. The molecule has 0 N–H and O–H groups in total. The fourth-order valence-electron chi connectivity index (χ4n) is 3.03. The van der Waals surface area contributed by atoms with Gasteiger partial charge in [0.25, 0.3) is 0 Å². The van der Waals surface area contributed by atoms with Crippen molar-refractivity contribution in [1.82, 2.24) is 4.98 Å². The number of fused-ring (bicyclic) bond motifs is 1. The SMILES string of the molecule is Cc1ccc2c(COC(=O)c3cccc(OCc4csc(C)n4)c3)cc(=O)oc2c1. The molecule has 0 radical (unpaired) electrons. The monoisotopic (exact) mass is 421 g/mol. The Morgan fingerprint density at radius 1 is 1.10 bits per heavy atom. The molecular formula is C23H19NO5S. The third-order valence-corrected chi connectivity index (χ3v) is 5.29. The lowest BCUT2D eigenvalue weighted by atomic mass is 10.1. The van der Waals surface area contributed by atoms with Crippen LogP contribution in [0.1, 0.15) is 32.2 Å². The molecule has 4 aromatic rings. The van der Waals surface area contributed by atoms with E-state index in [1.54, 1.807) is 41.7 Å². The summed E-state index contributed by atoms with van der Waals surface area (Å²) in [5, 5.41) is 3.66.